The van der Waals surface area contributed by atoms with Crippen LogP contribution in [0.2, 0.25) is 0 Å². The maximum absolute atomic E-state index is 12.6. The second-order valence-corrected chi connectivity index (χ2v) is 7.76. The van der Waals surface area contributed by atoms with Gasteiger partial charge in [0.15, 0.2) is 0 Å². The lowest BCUT2D eigenvalue weighted by molar-refractivity contribution is -0.131. The quantitative estimate of drug-likeness (QED) is 0.820. The number of nitrogens with one attached hydrogen (secondary N) is 1. The van der Waals surface area contributed by atoms with E-state index in [9.17, 15) is 9.59 Å². The van der Waals surface area contributed by atoms with E-state index in [-0.39, 0.29) is 18.4 Å². The van der Waals surface area contributed by atoms with Gasteiger partial charge in [-0.2, -0.15) is 0 Å². The van der Waals surface area contributed by atoms with Gasteiger partial charge in [-0.15, -0.1) is 11.3 Å². The summed E-state index contributed by atoms with van der Waals surface area (Å²) >= 11 is 1.38. The molecule has 2 aromatic rings. The molecule has 1 aromatic carbocycles. The van der Waals surface area contributed by atoms with E-state index in [2.05, 4.69) is 43.4 Å². The lowest BCUT2D eigenvalue weighted by Crippen LogP contribution is -2.40. The van der Waals surface area contributed by atoms with Crippen LogP contribution in [-0.4, -0.2) is 29.3 Å². The van der Waals surface area contributed by atoms with Gasteiger partial charge in [0.05, 0.1) is 11.4 Å². The van der Waals surface area contributed by atoms with E-state index < -0.39 is 0 Å². The molecule has 1 N–H and O–H groups in total. The summed E-state index contributed by atoms with van der Waals surface area (Å²) in [6, 6.07) is 12.4. The lowest BCUT2D eigenvalue weighted by Gasteiger charge is -2.23. The zero-order valence-corrected chi connectivity index (χ0v) is 15.5. The third-order valence-corrected chi connectivity index (χ3v) is 5.32. The molecule has 0 bridgehead atoms. The molecule has 0 atom stereocenters. The Kier molecular flexibility index (Phi) is 5.53. The molecule has 5 heteroatoms. The van der Waals surface area contributed by atoms with Crippen LogP contribution in [0.4, 0.5) is 0 Å². The predicted octanol–water partition coefficient (Wildman–Crippen LogP) is 3.79. The fourth-order valence-electron chi connectivity index (χ4n) is 2.76. The number of benzene rings is 1. The number of amides is 2. The van der Waals surface area contributed by atoms with E-state index in [4.69, 9.17) is 0 Å². The van der Waals surface area contributed by atoms with Crippen LogP contribution in [-0.2, 0) is 11.3 Å². The van der Waals surface area contributed by atoms with E-state index in [0.717, 1.165) is 18.4 Å². The molecule has 0 radical (unpaired) electrons. The summed E-state index contributed by atoms with van der Waals surface area (Å²) in [4.78, 5) is 27.1. The molecule has 1 aromatic heterocycles. The Labute approximate surface area is 152 Å². The topological polar surface area (TPSA) is 49.4 Å². The first kappa shape index (κ1) is 17.7. The first-order valence-electron chi connectivity index (χ1n) is 8.74. The van der Waals surface area contributed by atoms with Gasteiger partial charge in [-0.05, 0) is 41.3 Å². The normalized spacial score (nSPS) is 13.7. The van der Waals surface area contributed by atoms with Crippen molar-refractivity contribution < 1.29 is 9.59 Å². The summed E-state index contributed by atoms with van der Waals surface area (Å²) < 4.78 is 0. The van der Waals surface area contributed by atoms with Gasteiger partial charge in [-0.1, -0.05) is 44.2 Å². The minimum atomic E-state index is -0.180. The van der Waals surface area contributed by atoms with Crippen molar-refractivity contribution in [1.82, 2.24) is 10.2 Å². The van der Waals surface area contributed by atoms with Gasteiger partial charge in [-0.25, -0.2) is 0 Å². The monoisotopic (exact) mass is 356 g/mol. The van der Waals surface area contributed by atoms with E-state index in [1.165, 1.54) is 16.9 Å². The van der Waals surface area contributed by atoms with E-state index in [1.54, 1.807) is 6.07 Å². The Morgan fingerprint density at radius 2 is 1.92 bits per heavy atom. The third-order valence-electron chi connectivity index (χ3n) is 4.45. The molecule has 1 saturated carbocycles. The number of thiophene rings is 1. The van der Waals surface area contributed by atoms with Crippen LogP contribution >= 0.6 is 11.3 Å². The van der Waals surface area contributed by atoms with Crippen LogP contribution in [0.25, 0.3) is 0 Å². The Bertz CT molecular complexity index is 719. The number of carbonyl (C=O) groups excluding carboxylic acids is 2. The van der Waals surface area contributed by atoms with Gasteiger partial charge in [0.1, 0.15) is 0 Å². The summed E-state index contributed by atoms with van der Waals surface area (Å²) in [7, 11) is 0. The Morgan fingerprint density at radius 1 is 1.20 bits per heavy atom. The molecule has 0 spiro atoms. The second-order valence-electron chi connectivity index (χ2n) is 6.81. The maximum Gasteiger partial charge on any atom is 0.261 e. The van der Waals surface area contributed by atoms with Crippen LogP contribution < -0.4 is 5.32 Å². The van der Waals surface area contributed by atoms with Crippen molar-refractivity contribution in [3.63, 3.8) is 0 Å². The number of rotatable bonds is 7. The first-order chi connectivity index (χ1) is 12.0. The number of carbonyl (C=O) groups is 2. The van der Waals surface area contributed by atoms with Crippen LogP contribution in [0.3, 0.4) is 0 Å². The van der Waals surface area contributed by atoms with Crippen molar-refractivity contribution in [2.75, 3.05) is 6.54 Å². The number of hydrogen-bond donors (Lipinski definition) is 1. The van der Waals surface area contributed by atoms with Crippen LogP contribution in [0.15, 0.2) is 41.8 Å². The van der Waals surface area contributed by atoms with E-state index in [0.29, 0.717) is 23.4 Å². The van der Waals surface area contributed by atoms with Crippen molar-refractivity contribution in [2.45, 2.75) is 45.2 Å². The largest absolute Gasteiger partial charge is 0.342 e. The van der Waals surface area contributed by atoms with Crippen molar-refractivity contribution in [3.05, 3.63) is 57.8 Å². The van der Waals surface area contributed by atoms with Crippen LogP contribution in [0, 0.1) is 0 Å². The van der Waals surface area contributed by atoms with Crippen molar-refractivity contribution in [2.24, 2.45) is 0 Å². The average Bonchev–Trinajstić information content (AvgIpc) is 3.30. The summed E-state index contributed by atoms with van der Waals surface area (Å²) in [6.07, 6.45) is 2.10. The molecular formula is C20H24N2O2S. The average molecular weight is 356 g/mol. The fourth-order valence-corrected chi connectivity index (χ4v) is 3.40. The highest BCUT2D eigenvalue weighted by atomic mass is 32.1. The second kappa shape index (κ2) is 7.83. The Morgan fingerprint density at radius 3 is 2.48 bits per heavy atom. The Balaban J connectivity index is 1.58. The van der Waals surface area contributed by atoms with Gasteiger partial charge in [-0.3, -0.25) is 9.59 Å². The number of hydrogen-bond acceptors (Lipinski definition) is 3. The molecule has 3 rings (SSSR count). The van der Waals surface area contributed by atoms with Gasteiger partial charge in [0, 0.05) is 12.6 Å². The molecule has 0 unspecified atom stereocenters. The van der Waals surface area contributed by atoms with E-state index >= 15 is 0 Å². The predicted molar refractivity (Wildman–Crippen MR) is 101 cm³/mol. The van der Waals surface area contributed by atoms with Crippen molar-refractivity contribution in [1.29, 1.82) is 0 Å². The molecule has 0 saturated heterocycles. The standard InChI is InChI=1S/C20H24N2O2S/c1-14(2)16-7-5-15(6-8-16)13-22(17-9-10-17)19(23)12-21-20(24)18-4-3-11-25-18/h3-8,11,14,17H,9-10,12-13H2,1-2H3,(H,21,24). The smallest absolute Gasteiger partial charge is 0.261 e. The fraction of sp³-hybridized carbons (Fsp3) is 0.400. The van der Waals surface area contributed by atoms with Crippen molar-refractivity contribution in [3.8, 4) is 0 Å². The van der Waals surface area contributed by atoms with Gasteiger partial charge < -0.3 is 10.2 Å². The SMILES string of the molecule is CC(C)c1ccc(CN(C(=O)CNC(=O)c2cccs2)C2CC2)cc1. The van der Waals surface area contributed by atoms with Gasteiger partial charge in [0.2, 0.25) is 5.91 Å². The van der Waals surface area contributed by atoms with Crippen LogP contribution in [0.5, 0.6) is 0 Å². The van der Waals surface area contributed by atoms with Crippen molar-refractivity contribution >= 4 is 23.2 Å². The first-order valence-corrected chi connectivity index (χ1v) is 9.62. The zero-order chi connectivity index (χ0) is 17.8. The molecule has 2 amide bonds. The number of nitrogens with zero attached hydrogens (tertiary/aromatic N) is 1. The molecular weight excluding hydrogens is 332 g/mol. The summed E-state index contributed by atoms with van der Waals surface area (Å²) in [5, 5.41) is 4.59. The highest BCUT2D eigenvalue weighted by molar-refractivity contribution is 7.12. The summed E-state index contributed by atoms with van der Waals surface area (Å²) in [6.45, 7) is 5.00. The minimum absolute atomic E-state index is 0.0136. The van der Waals surface area contributed by atoms with Crippen LogP contribution in [0.1, 0.15) is 53.4 Å². The molecule has 4 nitrogen and oxygen atoms in total. The minimum Gasteiger partial charge on any atom is -0.342 e. The molecule has 0 aliphatic heterocycles. The third kappa shape index (κ3) is 4.69. The Hall–Kier alpha value is -2.14. The summed E-state index contributed by atoms with van der Waals surface area (Å²) in [5.41, 5.74) is 2.44. The zero-order valence-electron chi connectivity index (χ0n) is 14.7. The molecule has 1 aliphatic carbocycles. The lowest BCUT2D eigenvalue weighted by atomic mass is 10.0. The molecule has 1 aliphatic rings. The van der Waals surface area contributed by atoms with Gasteiger partial charge in [0.25, 0.3) is 5.91 Å². The van der Waals surface area contributed by atoms with Gasteiger partial charge >= 0.3 is 0 Å². The highest BCUT2D eigenvalue weighted by Crippen LogP contribution is 2.28. The maximum atomic E-state index is 12.6. The molecule has 1 heterocycles. The molecule has 1 fully saturated rings. The van der Waals surface area contributed by atoms with E-state index in [1.807, 2.05) is 16.3 Å². The molecule has 132 valence electrons. The highest BCUT2D eigenvalue weighted by Gasteiger charge is 2.32. The molecule has 25 heavy (non-hydrogen) atoms. The summed E-state index contributed by atoms with van der Waals surface area (Å²) in [5.74, 6) is 0.309.